The van der Waals surface area contributed by atoms with Gasteiger partial charge in [0.2, 0.25) is 0 Å². The largest absolute Gasteiger partial charge is 0.394 e. The standard InChI is InChI=1S/C8H18O4/c1-2-3-6(10)4-7(11)8(12)5-9/h6-12H,2-5H2,1H3. The van der Waals surface area contributed by atoms with Gasteiger partial charge in [0.25, 0.3) is 0 Å². The molecule has 4 N–H and O–H groups in total. The van der Waals surface area contributed by atoms with Crippen molar-refractivity contribution >= 4 is 0 Å². The normalized spacial score (nSPS) is 18.8. The Hall–Kier alpha value is -0.160. The van der Waals surface area contributed by atoms with Crippen molar-refractivity contribution in [1.82, 2.24) is 0 Å². The number of rotatable bonds is 6. The molecule has 3 unspecified atom stereocenters. The van der Waals surface area contributed by atoms with Crippen LogP contribution in [0.3, 0.4) is 0 Å². The van der Waals surface area contributed by atoms with Crippen LogP contribution in [0, 0.1) is 0 Å². The molecule has 74 valence electrons. The Bertz CT molecular complexity index is 107. The van der Waals surface area contributed by atoms with Crippen LogP contribution in [-0.2, 0) is 0 Å². The van der Waals surface area contributed by atoms with Crippen molar-refractivity contribution in [1.29, 1.82) is 0 Å². The van der Waals surface area contributed by atoms with Crippen LogP contribution in [0.5, 0.6) is 0 Å². The average molecular weight is 178 g/mol. The summed E-state index contributed by atoms with van der Waals surface area (Å²) in [6.45, 7) is 1.46. The third-order valence-corrected chi connectivity index (χ3v) is 1.77. The van der Waals surface area contributed by atoms with Gasteiger partial charge in [0.05, 0.1) is 18.8 Å². The molecule has 12 heavy (non-hydrogen) atoms. The fraction of sp³-hybridized carbons (Fsp3) is 1.00. The van der Waals surface area contributed by atoms with Crippen molar-refractivity contribution in [2.24, 2.45) is 0 Å². The van der Waals surface area contributed by atoms with Gasteiger partial charge in [0, 0.05) is 6.42 Å². The molecule has 4 heteroatoms. The maximum atomic E-state index is 9.21. The summed E-state index contributed by atoms with van der Waals surface area (Å²) in [5.74, 6) is 0. The highest BCUT2D eigenvalue weighted by Gasteiger charge is 2.18. The molecule has 4 nitrogen and oxygen atoms in total. The molecule has 0 saturated heterocycles. The lowest BCUT2D eigenvalue weighted by Crippen LogP contribution is -2.32. The van der Waals surface area contributed by atoms with Crippen molar-refractivity contribution in [3.05, 3.63) is 0 Å². The Kier molecular flexibility index (Phi) is 6.28. The fourth-order valence-corrected chi connectivity index (χ4v) is 1.01. The van der Waals surface area contributed by atoms with Crippen molar-refractivity contribution in [2.75, 3.05) is 6.61 Å². The Labute approximate surface area is 72.5 Å². The van der Waals surface area contributed by atoms with Crippen LogP contribution in [0.15, 0.2) is 0 Å². The molecular formula is C8H18O4. The van der Waals surface area contributed by atoms with Gasteiger partial charge in [-0.2, -0.15) is 0 Å². The first-order chi connectivity index (χ1) is 5.61. The van der Waals surface area contributed by atoms with Gasteiger partial charge in [0.15, 0.2) is 0 Å². The summed E-state index contributed by atoms with van der Waals surface area (Å²) < 4.78 is 0. The zero-order valence-electron chi connectivity index (χ0n) is 7.35. The van der Waals surface area contributed by atoms with Crippen molar-refractivity contribution in [3.8, 4) is 0 Å². The molecule has 0 aromatic rings. The van der Waals surface area contributed by atoms with Crippen LogP contribution in [0.4, 0.5) is 0 Å². The van der Waals surface area contributed by atoms with E-state index in [0.717, 1.165) is 6.42 Å². The Morgan fingerprint density at radius 3 is 2.08 bits per heavy atom. The van der Waals surface area contributed by atoms with Crippen LogP contribution >= 0.6 is 0 Å². The second kappa shape index (κ2) is 6.37. The van der Waals surface area contributed by atoms with Gasteiger partial charge in [-0.25, -0.2) is 0 Å². The lowest BCUT2D eigenvalue weighted by atomic mass is 10.0. The summed E-state index contributed by atoms with van der Waals surface area (Å²) in [6, 6.07) is 0. The maximum absolute atomic E-state index is 9.21. The molecule has 0 aliphatic heterocycles. The molecule has 0 bridgehead atoms. The fourth-order valence-electron chi connectivity index (χ4n) is 1.01. The van der Waals surface area contributed by atoms with Crippen LogP contribution in [0.1, 0.15) is 26.2 Å². The maximum Gasteiger partial charge on any atom is 0.103 e. The molecule has 3 atom stereocenters. The molecule has 0 aliphatic carbocycles. The molecule has 0 fully saturated rings. The monoisotopic (exact) mass is 178 g/mol. The van der Waals surface area contributed by atoms with Gasteiger partial charge in [0.1, 0.15) is 6.10 Å². The van der Waals surface area contributed by atoms with Gasteiger partial charge >= 0.3 is 0 Å². The number of aliphatic hydroxyl groups is 4. The minimum atomic E-state index is -1.14. The minimum Gasteiger partial charge on any atom is -0.394 e. The summed E-state index contributed by atoms with van der Waals surface area (Å²) in [4.78, 5) is 0. The number of aliphatic hydroxyl groups excluding tert-OH is 4. The van der Waals surface area contributed by atoms with E-state index in [-0.39, 0.29) is 6.42 Å². The summed E-state index contributed by atoms with van der Waals surface area (Å²) in [5.41, 5.74) is 0. The molecule has 0 radical (unpaired) electrons. The highest BCUT2D eigenvalue weighted by Crippen LogP contribution is 2.07. The first-order valence-electron chi connectivity index (χ1n) is 4.26. The second-order valence-electron chi connectivity index (χ2n) is 3.00. The highest BCUT2D eigenvalue weighted by atomic mass is 16.4. The average Bonchev–Trinajstić information content (AvgIpc) is 2.03. The van der Waals surface area contributed by atoms with Crippen LogP contribution in [0.25, 0.3) is 0 Å². The van der Waals surface area contributed by atoms with Crippen LogP contribution < -0.4 is 0 Å². The summed E-state index contributed by atoms with van der Waals surface area (Å²) in [5, 5.41) is 35.7. The smallest absolute Gasteiger partial charge is 0.103 e. The van der Waals surface area contributed by atoms with E-state index < -0.39 is 24.9 Å². The quantitative estimate of drug-likeness (QED) is 0.431. The van der Waals surface area contributed by atoms with E-state index in [1.807, 2.05) is 6.92 Å². The Morgan fingerprint density at radius 2 is 1.67 bits per heavy atom. The van der Waals surface area contributed by atoms with Gasteiger partial charge in [-0.05, 0) is 6.42 Å². The molecule has 0 spiro atoms. The Balaban J connectivity index is 3.59. The van der Waals surface area contributed by atoms with E-state index in [4.69, 9.17) is 15.3 Å². The van der Waals surface area contributed by atoms with E-state index in [0.29, 0.717) is 6.42 Å². The first kappa shape index (κ1) is 11.8. The van der Waals surface area contributed by atoms with E-state index >= 15 is 0 Å². The van der Waals surface area contributed by atoms with Crippen molar-refractivity contribution in [3.63, 3.8) is 0 Å². The molecule has 0 saturated carbocycles. The molecule has 0 aromatic carbocycles. The van der Waals surface area contributed by atoms with E-state index in [2.05, 4.69) is 0 Å². The van der Waals surface area contributed by atoms with Crippen LogP contribution in [-0.4, -0.2) is 45.3 Å². The lowest BCUT2D eigenvalue weighted by Gasteiger charge is -2.18. The molecule has 0 rings (SSSR count). The molecular weight excluding hydrogens is 160 g/mol. The topological polar surface area (TPSA) is 80.9 Å². The molecule has 0 heterocycles. The van der Waals surface area contributed by atoms with Crippen molar-refractivity contribution < 1.29 is 20.4 Å². The van der Waals surface area contributed by atoms with Gasteiger partial charge in [-0.1, -0.05) is 13.3 Å². The zero-order valence-corrected chi connectivity index (χ0v) is 7.35. The Morgan fingerprint density at radius 1 is 1.08 bits per heavy atom. The predicted octanol–water partition coefficient (Wildman–Crippen LogP) is -0.748. The lowest BCUT2D eigenvalue weighted by molar-refractivity contribution is -0.0372. The summed E-state index contributed by atoms with van der Waals surface area (Å²) >= 11 is 0. The SMILES string of the molecule is CCCC(O)CC(O)C(O)CO. The zero-order chi connectivity index (χ0) is 9.56. The predicted molar refractivity (Wildman–Crippen MR) is 44.6 cm³/mol. The summed E-state index contributed by atoms with van der Waals surface area (Å²) in [7, 11) is 0. The summed E-state index contributed by atoms with van der Waals surface area (Å²) in [6.07, 6.45) is -1.20. The third kappa shape index (κ3) is 4.66. The first-order valence-corrected chi connectivity index (χ1v) is 4.26. The highest BCUT2D eigenvalue weighted by molar-refractivity contribution is 4.70. The third-order valence-electron chi connectivity index (χ3n) is 1.77. The van der Waals surface area contributed by atoms with E-state index in [1.165, 1.54) is 0 Å². The van der Waals surface area contributed by atoms with Crippen molar-refractivity contribution in [2.45, 2.75) is 44.5 Å². The molecule has 0 aliphatic rings. The van der Waals surface area contributed by atoms with Crippen LogP contribution in [0.2, 0.25) is 0 Å². The van der Waals surface area contributed by atoms with E-state index in [9.17, 15) is 5.11 Å². The minimum absolute atomic E-state index is 0.121. The van der Waals surface area contributed by atoms with E-state index in [1.54, 1.807) is 0 Å². The second-order valence-corrected chi connectivity index (χ2v) is 3.00. The van der Waals surface area contributed by atoms with Gasteiger partial charge in [-0.15, -0.1) is 0 Å². The van der Waals surface area contributed by atoms with Gasteiger partial charge in [-0.3, -0.25) is 0 Å². The van der Waals surface area contributed by atoms with Gasteiger partial charge < -0.3 is 20.4 Å². The molecule has 0 aromatic heterocycles. The number of hydrogen-bond acceptors (Lipinski definition) is 4. The number of hydrogen-bond donors (Lipinski definition) is 4. The molecule has 0 amide bonds.